The van der Waals surface area contributed by atoms with Crippen molar-refractivity contribution >= 4 is 23.0 Å². The van der Waals surface area contributed by atoms with E-state index in [1.807, 2.05) is 25.3 Å². The van der Waals surface area contributed by atoms with Crippen LogP contribution >= 0.6 is 11.3 Å². The molecule has 0 unspecified atom stereocenters. The fraction of sp³-hybridized carbons (Fsp3) is 0.286. The maximum atomic E-state index is 5.85. The predicted octanol–water partition coefficient (Wildman–Crippen LogP) is 2.94. The number of aryl methyl sites for hydroxylation is 2. The summed E-state index contributed by atoms with van der Waals surface area (Å²) in [4.78, 5) is 9.71. The lowest BCUT2D eigenvalue weighted by Gasteiger charge is -2.05. The maximum Gasteiger partial charge on any atom is 0.193 e. The lowest BCUT2D eigenvalue weighted by Crippen LogP contribution is -2.22. The summed E-state index contributed by atoms with van der Waals surface area (Å²) in [6.45, 7) is 4.68. The van der Waals surface area contributed by atoms with E-state index in [1.54, 1.807) is 11.3 Å². The number of nitrogens with zero attached hydrogens (tertiary/aromatic N) is 2. The van der Waals surface area contributed by atoms with Gasteiger partial charge in [0, 0.05) is 16.8 Å². The van der Waals surface area contributed by atoms with Gasteiger partial charge < -0.3 is 11.1 Å². The van der Waals surface area contributed by atoms with E-state index >= 15 is 0 Å². The Labute approximate surface area is 117 Å². The summed E-state index contributed by atoms with van der Waals surface area (Å²) < 4.78 is 0. The second-order valence-electron chi connectivity index (χ2n) is 4.24. The Morgan fingerprint density at radius 2 is 2.11 bits per heavy atom. The Kier molecular flexibility index (Phi) is 4.52. The molecule has 0 atom stereocenters. The molecule has 0 aliphatic heterocycles. The molecule has 0 spiro atoms. The Morgan fingerprint density at radius 1 is 1.37 bits per heavy atom. The first kappa shape index (κ1) is 13.5. The largest absolute Gasteiger partial charge is 0.370 e. The second-order valence-corrected chi connectivity index (χ2v) is 5.56. The number of aliphatic imine (C=N–C) groups is 1. The van der Waals surface area contributed by atoms with Gasteiger partial charge in [-0.3, -0.25) is 0 Å². The van der Waals surface area contributed by atoms with Crippen LogP contribution in [0.2, 0.25) is 0 Å². The Bertz CT molecular complexity index is 557. The van der Waals surface area contributed by atoms with E-state index in [0.717, 1.165) is 17.1 Å². The molecule has 5 heteroatoms. The number of guanidine groups is 1. The van der Waals surface area contributed by atoms with Crippen molar-refractivity contribution in [3.05, 3.63) is 45.9 Å². The summed E-state index contributed by atoms with van der Waals surface area (Å²) in [7, 11) is 0. The number of benzene rings is 1. The van der Waals surface area contributed by atoms with E-state index in [4.69, 9.17) is 5.73 Å². The van der Waals surface area contributed by atoms with Crippen LogP contribution < -0.4 is 11.1 Å². The first-order valence-electron chi connectivity index (χ1n) is 6.24. The molecule has 0 amide bonds. The van der Waals surface area contributed by atoms with E-state index in [9.17, 15) is 0 Å². The lowest BCUT2D eigenvalue weighted by atomic mass is 10.1. The Hall–Kier alpha value is -1.88. The van der Waals surface area contributed by atoms with E-state index < -0.39 is 0 Å². The van der Waals surface area contributed by atoms with Gasteiger partial charge in [-0.15, -0.1) is 11.3 Å². The molecule has 100 valence electrons. The molecule has 4 nitrogen and oxygen atoms in total. The van der Waals surface area contributed by atoms with Crippen molar-refractivity contribution in [1.29, 1.82) is 0 Å². The van der Waals surface area contributed by atoms with Gasteiger partial charge in [0.2, 0.25) is 0 Å². The zero-order valence-corrected chi connectivity index (χ0v) is 12.0. The molecule has 0 aliphatic carbocycles. The third-order valence-electron chi connectivity index (χ3n) is 2.69. The third kappa shape index (κ3) is 4.06. The average Bonchev–Trinajstić information content (AvgIpc) is 2.83. The van der Waals surface area contributed by atoms with Gasteiger partial charge in [0.05, 0.1) is 6.54 Å². The number of thiazole rings is 1. The molecular formula is C14H18N4S. The van der Waals surface area contributed by atoms with Crippen molar-refractivity contribution in [2.75, 3.05) is 5.32 Å². The van der Waals surface area contributed by atoms with Gasteiger partial charge in [-0.05, 0) is 31.0 Å². The minimum absolute atomic E-state index is 0.414. The quantitative estimate of drug-likeness (QED) is 0.665. The van der Waals surface area contributed by atoms with Crippen molar-refractivity contribution in [3.8, 4) is 0 Å². The minimum atomic E-state index is 0.414. The van der Waals surface area contributed by atoms with Gasteiger partial charge in [-0.25, -0.2) is 9.98 Å². The van der Waals surface area contributed by atoms with Crippen LogP contribution in [0.15, 0.2) is 35.5 Å². The number of rotatable bonds is 4. The molecule has 1 aromatic carbocycles. The number of anilines is 1. The lowest BCUT2D eigenvalue weighted by molar-refractivity contribution is 1.03. The van der Waals surface area contributed by atoms with Gasteiger partial charge in [0.15, 0.2) is 5.96 Å². The summed E-state index contributed by atoms with van der Waals surface area (Å²) in [5, 5.41) is 4.05. The maximum absolute atomic E-state index is 5.85. The van der Waals surface area contributed by atoms with Crippen LogP contribution in [0.4, 0.5) is 5.69 Å². The van der Waals surface area contributed by atoms with Gasteiger partial charge >= 0.3 is 0 Å². The van der Waals surface area contributed by atoms with Gasteiger partial charge in [0.1, 0.15) is 5.01 Å². The number of aromatic nitrogens is 1. The van der Waals surface area contributed by atoms with Crippen LogP contribution in [0.3, 0.4) is 0 Å². The first-order valence-corrected chi connectivity index (χ1v) is 7.06. The van der Waals surface area contributed by atoms with Crippen molar-refractivity contribution in [1.82, 2.24) is 4.98 Å². The predicted molar refractivity (Wildman–Crippen MR) is 81.6 cm³/mol. The van der Waals surface area contributed by atoms with Crippen LogP contribution in [0.1, 0.15) is 22.4 Å². The monoisotopic (exact) mass is 274 g/mol. The molecule has 19 heavy (non-hydrogen) atoms. The normalized spacial score (nSPS) is 11.6. The highest BCUT2D eigenvalue weighted by molar-refractivity contribution is 7.11. The van der Waals surface area contributed by atoms with Gasteiger partial charge in [-0.2, -0.15) is 0 Å². The van der Waals surface area contributed by atoms with Crippen molar-refractivity contribution in [2.24, 2.45) is 10.7 Å². The van der Waals surface area contributed by atoms with Crippen molar-refractivity contribution in [3.63, 3.8) is 0 Å². The van der Waals surface area contributed by atoms with Crippen molar-refractivity contribution < 1.29 is 0 Å². The summed E-state index contributed by atoms with van der Waals surface area (Å²) in [6, 6.07) is 8.18. The van der Waals surface area contributed by atoms with Crippen LogP contribution in [-0.4, -0.2) is 10.9 Å². The summed E-state index contributed by atoms with van der Waals surface area (Å²) >= 11 is 1.64. The van der Waals surface area contributed by atoms with Gasteiger partial charge in [0.25, 0.3) is 0 Å². The van der Waals surface area contributed by atoms with E-state index in [2.05, 4.69) is 34.3 Å². The number of hydrogen-bond donors (Lipinski definition) is 2. The topological polar surface area (TPSA) is 63.3 Å². The molecule has 0 aliphatic rings. The van der Waals surface area contributed by atoms with E-state index in [1.165, 1.54) is 10.4 Å². The van der Waals surface area contributed by atoms with Crippen LogP contribution in [0.5, 0.6) is 0 Å². The second kappa shape index (κ2) is 6.33. The first-order chi connectivity index (χ1) is 9.17. The molecule has 0 saturated heterocycles. The highest BCUT2D eigenvalue weighted by atomic mass is 32.1. The van der Waals surface area contributed by atoms with Gasteiger partial charge in [-0.1, -0.05) is 19.1 Å². The van der Waals surface area contributed by atoms with Crippen LogP contribution in [-0.2, 0) is 13.0 Å². The molecule has 0 saturated carbocycles. The molecule has 2 aromatic rings. The Balaban J connectivity index is 1.93. The zero-order chi connectivity index (χ0) is 13.7. The highest BCUT2D eigenvalue weighted by Crippen LogP contribution is 2.12. The molecule has 1 heterocycles. The highest BCUT2D eigenvalue weighted by Gasteiger charge is 1.99. The van der Waals surface area contributed by atoms with E-state index in [0.29, 0.717) is 12.5 Å². The summed E-state index contributed by atoms with van der Waals surface area (Å²) in [5.41, 5.74) is 8.10. The van der Waals surface area contributed by atoms with E-state index in [-0.39, 0.29) is 0 Å². The molecular weight excluding hydrogens is 256 g/mol. The van der Waals surface area contributed by atoms with Crippen LogP contribution in [0, 0.1) is 6.92 Å². The molecule has 1 aromatic heterocycles. The summed E-state index contributed by atoms with van der Waals surface area (Å²) in [6.07, 6.45) is 2.88. The number of hydrogen-bond acceptors (Lipinski definition) is 3. The molecule has 0 fully saturated rings. The zero-order valence-electron chi connectivity index (χ0n) is 11.2. The molecule has 3 N–H and O–H groups in total. The number of nitrogens with one attached hydrogen (secondary N) is 1. The molecule has 0 bridgehead atoms. The van der Waals surface area contributed by atoms with Crippen LogP contribution in [0.25, 0.3) is 0 Å². The standard InChI is InChI=1S/C14H18N4S/c1-3-11-4-6-12(7-5-11)18-14(15)17-9-13-16-8-10(2)19-13/h4-8H,3,9H2,1-2H3,(H3,15,17,18). The smallest absolute Gasteiger partial charge is 0.193 e. The number of nitrogens with two attached hydrogens (primary N) is 1. The fourth-order valence-electron chi connectivity index (χ4n) is 1.64. The minimum Gasteiger partial charge on any atom is -0.370 e. The molecule has 2 rings (SSSR count). The fourth-order valence-corrected chi connectivity index (χ4v) is 2.35. The van der Waals surface area contributed by atoms with Crippen molar-refractivity contribution in [2.45, 2.75) is 26.8 Å². The SMILES string of the molecule is CCc1ccc(NC(N)=NCc2ncc(C)s2)cc1. The Morgan fingerprint density at radius 3 is 2.68 bits per heavy atom. The average molecular weight is 274 g/mol. The summed E-state index contributed by atoms with van der Waals surface area (Å²) in [5.74, 6) is 0.414. The molecule has 0 radical (unpaired) electrons. The third-order valence-corrected chi connectivity index (χ3v) is 3.59.